The molecule has 0 unspecified atom stereocenters. The first kappa shape index (κ1) is 22.0. The minimum Gasteiger partial charge on any atom is -0.316 e. The summed E-state index contributed by atoms with van der Waals surface area (Å²) >= 11 is 0. The van der Waals surface area contributed by atoms with Crippen molar-refractivity contribution < 1.29 is 0 Å². The highest BCUT2D eigenvalue weighted by Gasteiger charge is 2.32. The SMILES string of the molecule is CCC(C)(C)CC(C)(C)CNCC(C)(C)CC(C)(C)C(C)C. The van der Waals surface area contributed by atoms with Crippen LogP contribution in [0.2, 0.25) is 0 Å². The van der Waals surface area contributed by atoms with Gasteiger partial charge in [0, 0.05) is 13.1 Å². The van der Waals surface area contributed by atoms with Gasteiger partial charge < -0.3 is 5.32 Å². The van der Waals surface area contributed by atoms with Crippen LogP contribution >= 0.6 is 0 Å². The summed E-state index contributed by atoms with van der Waals surface area (Å²) in [6, 6.07) is 0. The van der Waals surface area contributed by atoms with Gasteiger partial charge in [-0.3, -0.25) is 0 Å². The highest BCUT2D eigenvalue weighted by atomic mass is 14.9. The molecule has 1 N–H and O–H groups in total. The molecule has 0 fully saturated rings. The Kier molecular flexibility index (Phi) is 7.67. The number of hydrogen-bond donors (Lipinski definition) is 1. The molecule has 134 valence electrons. The van der Waals surface area contributed by atoms with Crippen LogP contribution in [0, 0.1) is 27.6 Å². The summed E-state index contributed by atoms with van der Waals surface area (Å²) in [6.45, 7) is 28.5. The largest absolute Gasteiger partial charge is 0.316 e. The van der Waals surface area contributed by atoms with Gasteiger partial charge in [-0.1, -0.05) is 82.6 Å². The first-order valence-electron chi connectivity index (χ1n) is 9.33. The van der Waals surface area contributed by atoms with E-state index in [2.05, 4.69) is 81.5 Å². The molecule has 0 bridgehead atoms. The molecular weight excluding hydrogens is 266 g/mol. The Hall–Kier alpha value is -0.0400. The summed E-state index contributed by atoms with van der Waals surface area (Å²) < 4.78 is 0. The van der Waals surface area contributed by atoms with Crippen LogP contribution in [0.4, 0.5) is 0 Å². The van der Waals surface area contributed by atoms with E-state index in [9.17, 15) is 0 Å². The number of nitrogens with one attached hydrogen (secondary N) is 1. The van der Waals surface area contributed by atoms with Gasteiger partial charge in [-0.2, -0.15) is 0 Å². The lowest BCUT2D eigenvalue weighted by molar-refractivity contribution is 0.129. The molecule has 0 aliphatic rings. The third-order valence-electron chi connectivity index (χ3n) is 5.62. The van der Waals surface area contributed by atoms with E-state index in [-0.39, 0.29) is 0 Å². The molecule has 0 aliphatic carbocycles. The Labute approximate surface area is 142 Å². The lowest BCUT2D eigenvalue weighted by atomic mass is 9.69. The van der Waals surface area contributed by atoms with E-state index in [1.54, 1.807) is 0 Å². The maximum Gasteiger partial charge on any atom is 0.000295 e. The van der Waals surface area contributed by atoms with Gasteiger partial charge in [-0.15, -0.1) is 0 Å². The Balaban J connectivity index is 4.44. The number of rotatable bonds is 10. The van der Waals surface area contributed by atoms with E-state index >= 15 is 0 Å². The van der Waals surface area contributed by atoms with E-state index in [0.29, 0.717) is 21.7 Å². The second-order valence-electron chi connectivity index (χ2n) is 10.9. The molecule has 0 saturated carbocycles. The van der Waals surface area contributed by atoms with Gasteiger partial charge in [0.25, 0.3) is 0 Å². The van der Waals surface area contributed by atoms with Crippen LogP contribution in [0.3, 0.4) is 0 Å². The van der Waals surface area contributed by atoms with Crippen molar-refractivity contribution in [1.29, 1.82) is 0 Å². The standard InChI is InChI=1S/C21H45N/c1-12-18(4,5)13-19(6,7)15-22-16-20(8,9)14-21(10,11)17(2)3/h17,22H,12-16H2,1-11H3. The highest BCUT2D eigenvalue weighted by Crippen LogP contribution is 2.39. The lowest BCUT2D eigenvalue weighted by Gasteiger charge is -2.39. The summed E-state index contributed by atoms with van der Waals surface area (Å²) in [5.41, 5.74) is 1.57. The molecule has 0 aliphatic heterocycles. The molecule has 22 heavy (non-hydrogen) atoms. The van der Waals surface area contributed by atoms with Crippen molar-refractivity contribution in [1.82, 2.24) is 5.32 Å². The molecule has 0 aromatic carbocycles. The van der Waals surface area contributed by atoms with Crippen LogP contribution in [0.25, 0.3) is 0 Å². The van der Waals surface area contributed by atoms with Crippen molar-refractivity contribution >= 4 is 0 Å². The molecule has 0 amide bonds. The maximum absolute atomic E-state index is 3.77. The van der Waals surface area contributed by atoms with Gasteiger partial charge >= 0.3 is 0 Å². The molecule has 0 aromatic rings. The third kappa shape index (κ3) is 8.56. The van der Waals surface area contributed by atoms with Crippen LogP contribution in [-0.2, 0) is 0 Å². The number of hydrogen-bond acceptors (Lipinski definition) is 1. The fourth-order valence-corrected chi connectivity index (χ4v) is 3.72. The first-order chi connectivity index (χ1) is 9.63. The topological polar surface area (TPSA) is 12.0 Å². The second-order valence-corrected chi connectivity index (χ2v) is 10.9. The molecule has 0 aromatic heterocycles. The van der Waals surface area contributed by atoms with Crippen LogP contribution < -0.4 is 5.32 Å². The van der Waals surface area contributed by atoms with Crippen molar-refractivity contribution in [3.05, 3.63) is 0 Å². The zero-order valence-corrected chi connectivity index (χ0v) is 17.6. The molecule has 1 nitrogen and oxygen atoms in total. The van der Waals surface area contributed by atoms with Crippen LogP contribution in [0.5, 0.6) is 0 Å². The molecule has 0 saturated heterocycles. The fraction of sp³-hybridized carbons (Fsp3) is 1.00. The average Bonchev–Trinajstić information content (AvgIpc) is 2.24. The molecule has 1 heteroatoms. The maximum atomic E-state index is 3.77. The van der Waals surface area contributed by atoms with Gasteiger partial charge in [0.05, 0.1) is 0 Å². The fourth-order valence-electron chi connectivity index (χ4n) is 3.72. The highest BCUT2D eigenvalue weighted by molar-refractivity contribution is 4.85. The van der Waals surface area contributed by atoms with Gasteiger partial charge in [0.2, 0.25) is 0 Å². The first-order valence-corrected chi connectivity index (χ1v) is 9.33. The minimum absolute atomic E-state index is 0.351. The summed E-state index contributed by atoms with van der Waals surface area (Å²) in [7, 11) is 0. The van der Waals surface area contributed by atoms with Gasteiger partial charge in [-0.05, 0) is 40.4 Å². The van der Waals surface area contributed by atoms with Crippen LogP contribution in [-0.4, -0.2) is 13.1 Å². The van der Waals surface area contributed by atoms with Crippen molar-refractivity contribution in [2.45, 2.75) is 95.4 Å². The molecule has 0 spiro atoms. The monoisotopic (exact) mass is 311 g/mol. The summed E-state index contributed by atoms with van der Waals surface area (Å²) in [4.78, 5) is 0. The Bertz CT molecular complexity index is 321. The van der Waals surface area contributed by atoms with Crippen molar-refractivity contribution in [3.8, 4) is 0 Å². The third-order valence-corrected chi connectivity index (χ3v) is 5.62. The quantitative estimate of drug-likeness (QED) is 0.484. The Morgan fingerprint density at radius 2 is 1.09 bits per heavy atom. The molecule has 0 radical (unpaired) electrons. The molecule has 0 rings (SSSR count). The van der Waals surface area contributed by atoms with E-state index in [4.69, 9.17) is 0 Å². The molecule has 0 heterocycles. The lowest BCUT2D eigenvalue weighted by Crippen LogP contribution is -2.40. The smallest absolute Gasteiger partial charge is 0.000295 e. The average molecular weight is 312 g/mol. The second kappa shape index (κ2) is 7.69. The van der Waals surface area contributed by atoms with Crippen molar-refractivity contribution in [3.63, 3.8) is 0 Å². The van der Waals surface area contributed by atoms with E-state index < -0.39 is 0 Å². The van der Waals surface area contributed by atoms with E-state index in [0.717, 1.165) is 19.0 Å². The zero-order valence-electron chi connectivity index (χ0n) is 17.6. The molecular formula is C21H45N. The summed E-state index contributed by atoms with van der Waals surface area (Å²) in [5.74, 6) is 0.730. The minimum atomic E-state index is 0.351. The Morgan fingerprint density at radius 1 is 0.682 bits per heavy atom. The summed E-state index contributed by atoms with van der Waals surface area (Å²) in [5, 5.41) is 3.77. The zero-order chi connectivity index (χ0) is 17.8. The predicted octanol–water partition coefficient (Wildman–Crippen LogP) is 6.53. The van der Waals surface area contributed by atoms with E-state index in [1.165, 1.54) is 19.3 Å². The summed E-state index contributed by atoms with van der Waals surface area (Å²) in [6.07, 6.45) is 3.80. The van der Waals surface area contributed by atoms with Gasteiger partial charge in [0.1, 0.15) is 0 Å². The Morgan fingerprint density at radius 3 is 1.45 bits per heavy atom. The van der Waals surface area contributed by atoms with Crippen molar-refractivity contribution in [2.24, 2.45) is 27.6 Å². The molecule has 0 atom stereocenters. The van der Waals surface area contributed by atoms with Gasteiger partial charge in [-0.25, -0.2) is 0 Å². The van der Waals surface area contributed by atoms with Crippen LogP contribution in [0.15, 0.2) is 0 Å². The normalized spacial score (nSPS) is 14.7. The predicted molar refractivity (Wildman–Crippen MR) is 102 cm³/mol. The van der Waals surface area contributed by atoms with E-state index in [1.807, 2.05) is 0 Å². The van der Waals surface area contributed by atoms with Gasteiger partial charge in [0.15, 0.2) is 0 Å². The van der Waals surface area contributed by atoms with Crippen molar-refractivity contribution in [2.75, 3.05) is 13.1 Å². The van der Waals surface area contributed by atoms with Crippen LogP contribution in [0.1, 0.15) is 95.4 Å².